The molecule has 7 heteroatoms. The van der Waals surface area contributed by atoms with Gasteiger partial charge in [0.25, 0.3) is 10.3 Å². The van der Waals surface area contributed by atoms with Gasteiger partial charge < -0.3 is 20.5 Å². The molecule has 0 spiro atoms. The van der Waals surface area contributed by atoms with Crippen molar-refractivity contribution in [3.05, 3.63) is 0 Å². The van der Waals surface area contributed by atoms with Crippen LogP contribution >= 0.6 is 24.4 Å². The average Bonchev–Trinajstić information content (AvgIpc) is 2.15. The number of nitriles is 1. The van der Waals surface area contributed by atoms with Gasteiger partial charge in [0.1, 0.15) is 6.07 Å². The summed E-state index contributed by atoms with van der Waals surface area (Å²) in [5.74, 6) is 0. The van der Waals surface area contributed by atoms with Crippen LogP contribution in [0.15, 0.2) is 0 Å². The molecule has 0 aromatic carbocycles. The standard InChI is InChI=1S/C7H12N2OS.CH3NOS/c1-3-9(4-2)7(11)10-6-5-8;2-1(3)4/h3-4,6H2,1-2H3;(H3,2,3,4). The van der Waals surface area contributed by atoms with Gasteiger partial charge >= 0.3 is 0 Å². The van der Waals surface area contributed by atoms with E-state index < -0.39 is 5.17 Å². The second kappa shape index (κ2) is 10.9. The third-order valence-electron chi connectivity index (χ3n) is 1.28. The first-order valence-electron chi connectivity index (χ1n) is 4.26. The number of nitrogens with zero attached hydrogens (tertiary/aromatic N) is 2. The lowest BCUT2D eigenvalue weighted by Crippen LogP contribution is -2.30. The Balaban J connectivity index is 0. The van der Waals surface area contributed by atoms with Gasteiger partial charge in [0.05, 0.1) is 0 Å². The van der Waals surface area contributed by atoms with E-state index in [0.717, 1.165) is 13.1 Å². The highest BCUT2D eigenvalue weighted by Gasteiger charge is 2.04. The Morgan fingerprint density at radius 2 is 1.87 bits per heavy atom. The van der Waals surface area contributed by atoms with Crippen molar-refractivity contribution in [2.45, 2.75) is 13.8 Å². The van der Waals surface area contributed by atoms with E-state index in [0.29, 0.717) is 5.17 Å². The van der Waals surface area contributed by atoms with E-state index in [4.69, 9.17) is 27.3 Å². The van der Waals surface area contributed by atoms with E-state index in [-0.39, 0.29) is 6.61 Å². The smallest absolute Gasteiger partial charge is 0.260 e. The molecule has 0 amide bonds. The minimum Gasteiger partial charge on any atom is -0.487 e. The molecule has 0 unspecified atom stereocenters. The van der Waals surface area contributed by atoms with Gasteiger partial charge in [-0.25, -0.2) is 0 Å². The van der Waals surface area contributed by atoms with Crippen LogP contribution in [0.25, 0.3) is 0 Å². The second-order valence-corrected chi connectivity index (χ2v) is 2.99. The zero-order chi connectivity index (χ0) is 12.3. The Morgan fingerprint density at radius 1 is 1.47 bits per heavy atom. The van der Waals surface area contributed by atoms with Crippen LogP contribution in [-0.2, 0) is 4.74 Å². The molecule has 0 radical (unpaired) electrons. The van der Waals surface area contributed by atoms with Crippen LogP contribution in [0.5, 0.6) is 0 Å². The van der Waals surface area contributed by atoms with Crippen LogP contribution in [0, 0.1) is 11.3 Å². The van der Waals surface area contributed by atoms with Gasteiger partial charge in [-0.3, -0.25) is 0 Å². The monoisotopic (exact) mass is 249 g/mol. The third kappa shape index (κ3) is 12.9. The zero-order valence-corrected chi connectivity index (χ0v) is 10.4. The highest BCUT2D eigenvalue weighted by atomic mass is 32.1. The van der Waals surface area contributed by atoms with Crippen LogP contribution in [-0.4, -0.2) is 40.1 Å². The van der Waals surface area contributed by atoms with Crippen LogP contribution in [0.1, 0.15) is 13.8 Å². The molecular formula is C8H15N3O2S2. The van der Waals surface area contributed by atoms with Crippen LogP contribution in [0.2, 0.25) is 0 Å². The first-order chi connectivity index (χ1) is 6.99. The summed E-state index contributed by atoms with van der Waals surface area (Å²) in [5.41, 5.74) is 4.40. The molecule has 0 fully saturated rings. The van der Waals surface area contributed by atoms with Gasteiger partial charge in [-0.1, -0.05) is 0 Å². The maximum Gasteiger partial charge on any atom is 0.260 e. The molecule has 0 saturated carbocycles. The fourth-order valence-electron chi connectivity index (χ4n) is 0.667. The molecule has 3 N–H and O–H groups in total. The molecule has 0 aliphatic heterocycles. The van der Waals surface area contributed by atoms with Gasteiger partial charge in [0.2, 0.25) is 0 Å². The quantitative estimate of drug-likeness (QED) is 0.720. The fraction of sp³-hybridized carbons (Fsp3) is 0.625. The minimum absolute atomic E-state index is 0.0370. The van der Waals surface area contributed by atoms with Crippen molar-refractivity contribution >= 4 is 34.8 Å². The maximum absolute atomic E-state index is 8.19. The summed E-state index contributed by atoms with van der Waals surface area (Å²) in [6.07, 6.45) is 0. The van der Waals surface area contributed by atoms with Crippen molar-refractivity contribution < 1.29 is 9.84 Å². The van der Waals surface area contributed by atoms with E-state index in [1.54, 1.807) is 0 Å². The molecule has 0 rings (SSSR count). The second-order valence-electron chi connectivity index (χ2n) is 2.22. The van der Waals surface area contributed by atoms with Gasteiger partial charge in [-0.15, -0.1) is 0 Å². The summed E-state index contributed by atoms with van der Waals surface area (Å²) in [7, 11) is 0. The minimum atomic E-state index is -0.500. The number of aliphatic hydroxyl groups is 1. The molecule has 5 nitrogen and oxygen atoms in total. The lowest BCUT2D eigenvalue weighted by Gasteiger charge is -2.19. The summed E-state index contributed by atoms with van der Waals surface area (Å²) in [6.45, 7) is 5.66. The predicted molar refractivity (Wildman–Crippen MR) is 66.5 cm³/mol. The third-order valence-corrected chi connectivity index (χ3v) is 1.66. The fourth-order valence-corrected chi connectivity index (χ4v) is 0.984. The normalized spacial score (nSPS) is 7.80. The highest BCUT2D eigenvalue weighted by Crippen LogP contribution is 1.92. The zero-order valence-electron chi connectivity index (χ0n) is 8.77. The SMILES string of the molecule is CCN(CC)C(=S)OCC#N.NC(O)=S. The molecule has 0 atom stereocenters. The van der Waals surface area contributed by atoms with Gasteiger partial charge in [0.15, 0.2) is 6.61 Å². The van der Waals surface area contributed by atoms with E-state index in [1.807, 2.05) is 24.8 Å². The van der Waals surface area contributed by atoms with Crippen molar-refractivity contribution in [3.8, 4) is 6.07 Å². The Kier molecular flexibility index (Phi) is 11.9. The first kappa shape index (κ1) is 16.3. The van der Waals surface area contributed by atoms with Crippen molar-refractivity contribution in [2.24, 2.45) is 5.73 Å². The predicted octanol–water partition coefficient (Wildman–Crippen LogP) is 0.941. The van der Waals surface area contributed by atoms with E-state index in [9.17, 15) is 0 Å². The molecular weight excluding hydrogens is 234 g/mol. The van der Waals surface area contributed by atoms with E-state index in [2.05, 4.69) is 18.0 Å². The van der Waals surface area contributed by atoms with Crippen molar-refractivity contribution in [1.82, 2.24) is 4.90 Å². The Labute approximate surface area is 100 Å². The Morgan fingerprint density at radius 3 is 2.13 bits per heavy atom. The van der Waals surface area contributed by atoms with Crippen LogP contribution in [0.3, 0.4) is 0 Å². The summed E-state index contributed by atoms with van der Waals surface area (Å²) in [5, 5.41) is 15.7. The molecule has 0 aliphatic rings. The summed E-state index contributed by atoms with van der Waals surface area (Å²) in [4.78, 5) is 1.88. The van der Waals surface area contributed by atoms with E-state index in [1.165, 1.54) is 0 Å². The molecule has 0 heterocycles. The van der Waals surface area contributed by atoms with Crippen molar-refractivity contribution in [3.63, 3.8) is 0 Å². The Bertz CT molecular complexity index is 233. The van der Waals surface area contributed by atoms with Gasteiger partial charge in [-0.2, -0.15) is 5.26 Å². The van der Waals surface area contributed by atoms with Crippen molar-refractivity contribution in [2.75, 3.05) is 19.7 Å². The first-order valence-corrected chi connectivity index (χ1v) is 5.08. The Hall–Kier alpha value is -1.13. The molecule has 0 saturated heterocycles. The van der Waals surface area contributed by atoms with E-state index >= 15 is 0 Å². The summed E-state index contributed by atoms with van der Waals surface area (Å²) >= 11 is 8.76. The maximum atomic E-state index is 8.19. The lowest BCUT2D eigenvalue weighted by atomic mass is 10.6. The van der Waals surface area contributed by atoms with Crippen LogP contribution < -0.4 is 5.73 Å². The number of nitrogens with two attached hydrogens (primary N) is 1. The summed E-state index contributed by atoms with van der Waals surface area (Å²) in [6, 6.07) is 1.87. The highest BCUT2D eigenvalue weighted by molar-refractivity contribution is 7.80. The molecule has 15 heavy (non-hydrogen) atoms. The number of aliphatic hydroxyl groups excluding tert-OH is 1. The number of rotatable bonds is 3. The number of thiocarbonyl (C=S) groups is 2. The average molecular weight is 249 g/mol. The number of hydrogen-bond donors (Lipinski definition) is 2. The molecule has 0 aromatic rings. The van der Waals surface area contributed by atoms with Crippen molar-refractivity contribution in [1.29, 1.82) is 5.26 Å². The molecule has 0 aromatic heterocycles. The van der Waals surface area contributed by atoms with Crippen LogP contribution in [0.4, 0.5) is 0 Å². The number of hydrogen-bond acceptors (Lipinski definition) is 4. The lowest BCUT2D eigenvalue weighted by molar-refractivity contribution is 0.282. The topological polar surface area (TPSA) is 82.5 Å². The largest absolute Gasteiger partial charge is 0.487 e. The molecule has 0 bridgehead atoms. The number of ether oxygens (including phenoxy) is 1. The molecule has 0 aliphatic carbocycles. The van der Waals surface area contributed by atoms with Gasteiger partial charge in [-0.05, 0) is 38.3 Å². The molecule has 86 valence electrons. The van der Waals surface area contributed by atoms with Gasteiger partial charge in [0, 0.05) is 13.1 Å². The summed E-state index contributed by atoms with van der Waals surface area (Å²) < 4.78 is 4.93.